The fourth-order valence-electron chi connectivity index (χ4n) is 6.61. The summed E-state index contributed by atoms with van der Waals surface area (Å²) in [5.74, 6) is 1.03. The quantitative estimate of drug-likeness (QED) is 0.708. The van der Waals surface area contributed by atoms with E-state index >= 15 is 0 Å². The molecule has 4 fully saturated rings. The van der Waals surface area contributed by atoms with Crippen LogP contribution in [0.15, 0.2) is 18.3 Å². The highest BCUT2D eigenvalue weighted by atomic mass is 16.2. The zero-order chi connectivity index (χ0) is 20.9. The van der Waals surface area contributed by atoms with E-state index in [0.29, 0.717) is 17.4 Å². The fraction of sp³-hybridized carbons (Fsp3) is 0.696. The molecule has 6 rings (SSSR count). The molecule has 7 heteroatoms. The monoisotopic (exact) mass is 411 g/mol. The Hall–Kier alpha value is -2.15. The summed E-state index contributed by atoms with van der Waals surface area (Å²) < 4.78 is 0. The minimum atomic E-state index is -0.493. The van der Waals surface area contributed by atoms with Crippen LogP contribution >= 0.6 is 0 Å². The largest absolute Gasteiger partial charge is 0.354 e. The highest BCUT2D eigenvalue weighted by Crippen LogP contribution is 2.58. The maximum Gasteiger partial charge on any atom is 0.256 e. The summed E-state index contributed by atoms with van der Waals surface area (Å²) in [6, 6.07) is 4.07. The first-order chi connectivity index (χ1) is 14.4. The molecule has 2 amide bonds. The predicted octanol–water partition coefficient (Wildman–Crippen LogP) is 2.36. The van der Waals surface area contributed by atoms with E-state index < -0.39 is 5.66 Å². The van der Waals surface area contributed by atoms with Gasteiger partial charge in [0, 0.05) is 30.6 Å². The molecule has 162 valence electrons. The maximum absolute atomic E-state index is 13.2. The number of amides is 2. The molecular weight excluding hydrogens is 378 g/mol. The topological polar surface area (TPSA) is 86.4 Å². The van der Waals surface area contributed by atoms with Gasteiger partial charge >= 0.3 is 0 Å². The number of hydrogen-bond donors (Lipinski definition) is 3. The standard InChI is InChI=1S/C23H33N5O2/c1-3-28-11-5-6-16(28)13-25-21(30)18-12-15-8-9-22(18,2)14-23(15)26-19-17(20(29)27-23)7-4-10-24-19/h4,7,10,15-16,18H,3,5-6,8-9,11-14H2,1-2H3,(H,24,26)(H,25,30)(H,27,29)/t15-,16-,18-,22+,23-/m0/s1. The van der Waals surface area contributed by atoms with Crippen molar-refractivity contribution >= 4 is 17.6 Å². The number of hydrogen-bond acceptors (Lipinski definition) is 5. The lowest BCUT2D eigenvalue weighted by Gasteiger charge is -2.60. The molecule has 5 aliphatic rings. The van der Waals surface area contributed by atoms with E-state index in [1.807, 2.05) is 0 Å². The number of anilines is 1. The Morgan fingerprint density at radius 1 is 1.37 bits per heavy atom. The average molecular weight is 412 g/mol. The van der Waals surface area contributed by atoms with Crippen LogP contribution in [0.3, 0.4) is 0 Å². The molecule has 0 radical (unpaired) electrons. The molecule has 5 atom stereocenters. The van der Waals surface area contributed by atoms with Crippen molar-refractivity contribution in [1.82, 2.24) is 20.5 Å². The van der Waals surface area contributed by atoms with Crippen molar-refractivity contribution in [1.29, 1.82) is 0 Å². The van der Waals surface area contributed by atoms with E-state index in [9.17, 15) is 9.59 Å². The van der Waals surface area contributed by atoms with Crippen molar-refractivity contribution in [2.45, 2.75) is 64.1 Å². The van der Waals surface area contributed by atoms with Gasteiger partial charge in [-0.15, -0.1) is 0 Å². The lowest BCUT2D eigenvalue weighted by Crippen LogP contribution is -2.70. The number of pyridine rings is 1. The van der Waals surface area contributed by atoms with Crippen molar-refractivity contribution in [3.63, 3.8) is 0 Å². The molecular formula is C23H33N5O2. The van der Waals surface area contributed by atoms with E-state index in [1.165, 1.54) is 12.8 Å². The lowest BCUT2D eigenvalue weighted by molar-refractivity contribution is -0.139. The number of likely N-dealkylation sites (N-methyl/N-ethyl adjacent to an activating group) is 1. The molecule has 0 unspecified atom stereocenters. The van der Waals surface area contributed by atoms with E-state index in [-0.39, 0.29) is 29.1 Å². The van der Waals surface area contributed by atoms with Gasteiger partial charge in [0.25, 0.3) is 5.91 Å². The molecule has 3 N–H and O–H groups in total. The number of nitrogens with one attached hydrogen (secondary N) is 3. The van der Waals surface area contributed by atoms with Crippen LogP contribution in [0.5, 0.6) is 0 Å². The Bertz CT molecular complexity index is 860. The van der Waals surface area contributed by atoms with Crippen LogP contribution in [0.2, 0.25) is 0 Å². The number of fused-ring (bicyclic) bond motifs is 3. The molecule has 30 heavy (non-hydrogen) atoms. The summed E-state index contributed by atoms with van der Waals surface area (Å²) in [6.07, 6.45) is 7.72. The second-order valence-corrected chi connectivity index (χ2v) is 9.97. The van der Waals surface area contributed by atoms with Gasteiger partial charge in [0.1, 0.15) is 11.5 Å². The van der Waals surface area contributed by atoms with E-state index in [0.717, 1.165) is 45.3 Å². The number of likely N-dealkylation sites (tertiary alicyclic amines) is 1. The summed E-state index contributed by atoms with van der Waals surface area (Å²) in [5, 5.41) is 10.1. The van der Waals surface area contributed by atoms with Crippen molar-refractivity contribution in [3.8, 4) is 0 Å². The van der Waals surface area contributed by atoms with Crippen LogP contribution in [0.1, 0.15) is 62.7 Å². The smallest absolute Gasteiger partial charge is 0.256 e. The van der Waals surface area contributed by atoms with Crippen LogP contribution in [0, 0.1) is 17.3 Å². The Balaban J connectivity index is 1.31. The maximum atomic E-state index is 13.2. The third kappa shape index (κ3) is 3.09. The zero-order valence-corrected chi connectivity index (χ0v) is 18.0. The minimum Gasteiger partial charge on any atom is -0.354 e. The van der Waals surface area contributed by atoms with Crippen LogP contribution in [-0.4, -0.2) is 53.0 Å². The van der Waals surface area contributed by atoms with E-state index in [2.05, 4.69) is 39.7 Å². The number of rotatable bonds is 4. The molecule has 1 aromatic heterocycles. The molecule has 1 aromatic rings. The predicted molar refractivity (Wildman–Crippen MR) is 115 cm³/mol. The molecule has 2 aliphatic heterocycles. The second kappa shape index (κ2) is 7.22. The summed E-state index contributed by atoms with van der Waals surface area (Å²) in [4.78, 5) is 32.9. The van der Waals surface area contributed by atoms with Crippen molar-refractivity contribution < 1.29 is 9.59 Å². The molecule has 2 bridgehead atoms. The Kier molecular flexibility index (Phi) is 4.76. The fourth-order valence-corrected chi connectivity index (χ4v) is 6.61. The minimum absolute atomic E-state index is 0.00202. The van der Waals surface area contributed by atoms with Gasteiger partial charge in [-0.25, -0.2) is 4.98 Å². The van der Waals surface area contributed by atoms with Crippen molar-refractivity contribution in [3.05, 3.63) is 23.9 Å². The summed E-state index contributed by atoms with van der Waals surface area (Å²) in [7, 11) is 0. The first kappa shape index (κ1) is 19.8. The Morgan fingerprint density at radius 3 is 3.03 bits per heavy atom. The molecule has 0 aromatic carbocycles. The first-order valence-electron chi connectivity index (χ1n) is 11.5. The number of nitrogens with zero attached hydrogens (tertiary/aromatic N) is 2. The van der Waals surface area contributed by atoms with Gasteiger partial charge < -0.3 is 16.0 Å². The first-order valence-corrected chi connectivity index (χ1v) is 11.5. The Morgan fingerprint density at radius 2 is 2.23 bits per heavy atom. The molecule has 1 saturated heterocycles. The lowest BCUT2D eigenvalue weighted by atomic mass is 9.51. The molecule has 1 spiro atoms. The zero-order valence-electron chi connectivity index (χ0n) is 18.0. The van der Waals surface area contributed by atoms with Gasteiger partial charge in [-0.05, 0) is 69.2 Å². The van der Waals surface area contributed by atoms with Crippen molar-refractivity contribution in [2.75, 3.05) is 25.0 Å². The van der Waals surface area contributed by atoms with Crippen molar-refractivity contribution in [2.24, 2.45) is 17.3 Å². The van der Waals surface area contributed by atoms with Gasteiger partial charge in [0.2, 0.25) is 5.91 Å². The van der Waals surface area contributed by atoms with Gasteiger partial charge in [0.15, 0.2) is 0 Å². The molecule has 3 heterocycles. The number of carbonyl (C=O) groups excluding carboxylic acids is 2. The number of aromatic nitrogens is 1. The highest BCUT2D eigenvalue weighted by Gasteiger charge is 2.60. The normalized spacial score (nSPS) is 37.5. The Labute approximate surface area is 178 Å². The van der Waals surface area contributed by atoms with Gasteiger partial charge in [-0.3, -0.25) is 14.5 Å². The third-order valence-corrected chi connectivity index (χ3v) is 8.27. The van der Waals surface area contributed by atoms with Gasteiger partial charge in [0.05, 0.1) is 5.56 Å². The number of carbonyl (C=O) groups is 2. The van der Waals surface area contributed by atoms with E-state index in [4.69, 9.17) is 0 Å². The summed E-state index contributed by atoms with van der Waals surface area (Å²) in [5.41, 5.74) is -0.0286. The molecule has 3 aliphatic carbocycles. The van der Waals surface area contributed by atoms with Crippen LogP contribution in [0.4, 0.5) is 5.82 Å². The van der Waals surface area contributed by atoms with Crippen LogP contribution in [0.25, 0.3) is 0 Å². The summed E-state index contributed by atoms with van der Waals surface area (Å²) >= 11 is 0. The summed E-state index contributed by atoms with van der Waals surface area (Å²) in [6.45, 7) is 7.36. The average Bonchev–Trinajstić information content (AvgIpc) is 3.19. The molecule has 3 saturated carbocycles. The third-order valence-electron chi connectivity index (χ3n) is 8.27. The van der Waals surface area contributed by atoms with Gasteiger partial charge in [-0.2, -0.15) is 0 Å². The van der Waals surface area contributed by atoms with Crippen LogP contribution in [-0.2, 0) is 4.79 Å². The van der Waals surface area contributed by atoms with Gasteiger partial charge in [-0.1, -0.05) is 13.8 Å². The highest BCUT2D eigenvalue weighted by molar-refractivity contribution is 6.01. The SMILES string of the molecule is CCN1CCC[C@H]1CNC(=O)[C@@H]1C[C@@H]2CC[C@]1(C)C[C@]21NC(=O)c2cccnc2N1. The second-order valence-electron chi connectivity index (χ2n) is 9.97. The van der Waals surface area contributed by atoms with E-state index in [1.54, 1.807) is 18.3 Å². The molecule has 7 nitrogen and oxygen atoms in total. The van der Waals surface area contributed by atoms with Crippen LogP contribution < -0.4 is 16.0 Å².